The second kappa shape index (κ2) is 10.6. The molecule has 44 heavy (non-hydrogen) atoms. The van der Waals surface area contributed by atoms with Gasteiger partial charge >= 0.3 is 0 Å². The normalized spacial score (nSPS) is 16.6. The van der Waals surface area contributed by atoms with E-state index in [9.17, 15) is 0 Å². The molecule has 0 unspecified atom stereocenters. The number of hydrogen-bond donors (Lipinski definition) is 0. The molecule has 6 rings (SSSR count). The molecule has 2 heterocycles. The Morgan fingerprint density at radius 2 is 1.11 bits per heavy atom. The fourth-order valence-electron chi connectivity index (χ4n) is 6.61. The Bertz CT molecular complexity index is 1690. The molecule has 0 atom stereocenters. The zero-order valence-corrected chi connectivity index (χ0v) is 28.2. The molecule has 0 N–H and O–H groups in total. The third-order valence-electron chi connectivity index (χ3n) is 9.44. The zero-order chi connectivity index (χ0) is 31.6. The van der Waals surface area contributed by atoms with Gasteiger partial charge in [0.15, 0.2) is 0 Å². The van der Waals surface area contributed by atoms with E-state index in [1.165, 1.54) is 33.8 Å². The number of ether oxygens (including phenoxy) is 1. The van der Waals surface area contributed by atoms with Crippen molar-refractivity contribution < 1.29 is 4.74 Å². The number of fused-ring (bicyclic) bond motifs is 2. The number of nitrogens with zero attached hydrogens (tertiary/aromatic N) is 4. The molecule has 230 valence electrons. The Balaban J connectivity index is 1.31. The van der Waals surface area contributed by atoms with Crippen LogP contribution >= 0.6 is 0 Å². The molecule has 5 heteroatoms. The third-order valence-corrected chi connectivity index (χ3v) is 9.44. The lowest BCUT2D eigenvalue weighted by molar-refractivity contribution is 0.150. The molecule has 0 bridgehead atoms. The molecule has 4 aromatic carbocycles. The maximum absolute atomic E-state index is 6.54. The van der Waals surface area contributed by atoms with E-state index in [1.54, 1.807) is 0 Å². The summed E-state index contributed by atoms with van der Waals surface area (Å²) in [6.07, 6.45) is 0. The van der Waals surface area contributed by atoms with E-state index in [-0.39, 0.29) is 16.4 Å². The number of rotatable bonds is 4. The van der Waals surface area contributed by atoms with E-state index in [1.807, 2.05) is 12.1 Å². The van der Waals surface area contributed by atoms with Crippen molar-refractivity contribution in [3.63, 3.8) is 0 Å². The van der Waals surface area contributed by atoms with Crippen molar-refractivity contribution in [1.82, 2.24) is 4.90 Å². The van der Waals surface area contributed by atoms with Crippen molar-refractivity contribution in [2.75, 3.05) is 42.1 Å². The van der Waals surface area contributed by atoms with Crippen LogP contribution in [0.4, 0.5) is 28.4 Å². The van der Waals surface area contributed by atoms with Gasteiger partial charge in [-0.25, -0.2) is 0 Å². The van der Waals surface area contributed by atoms with Crippen LogP contribution in [0.25, 0.3) is 0 Å². The Kier molecular flexibility index (Phi) is 7.24. The molecule has 0 radical (unpaired) electrons. The summed E-state index contributed by atoms with van der Waals surface area (Å²) in [5.41, 5.74) is 10.2. The van der Waals surface area contributed by atoms with Crippen LogP contribution in [0.2, 0.25) is 0 Å². The van der Waals surface area contributed by atoms with E-state index in [0.717, 1.165) is 36.2 Å². The lowest BCUT2D eigenvalue weighted by Gasteiger charge is -2.47. The summed E-state index contributed by atoms with van der Waals surface area (Å²) in [4.78, 5) is 9.53. The SMILES string of the molecule is CN1CN(c2cccc(Oc3cccc(N4CN(C)C(C)(C)c5ccccc54)c3)c2)c2cc(C(C)(C)C)c(C(C)(C)C)cc21. The van der Waals surface area contributed by atoms with E-state index in [2.05, 4.69) is 162 Å². The summed E-state index contributed by atoms with van der Waals surface area (Å²) < 4.78 is 6.54. The molecular formula is C39H48N4O. The first-order valence-electron chi connectivity index (χ1n) is 15.8. The van der Waals surface area contributed by atoms with Gasteiger partial charge in [0.05, 0.1) is 24.7 Å². The number of hydrogen-bond acceptors (Lipinski definition) is 5. The van der Waals surface area contributed by atoms with Crippen molar-refractivity contribution in [3.05, 3.63) is 102 Å². The summed E-state index contributed by atoms with van der Waals surface area (Å²) in [6, 6.07) is 30.5. The monoisotopic (exact) mass is 588 g/mol. The number of para-hydroxylation sites is 1. The summed E-state index contributed by atoms with van der Waals surface area (Å²) in [7, 11) is 4.38. The first kappa shape index (κ1) is 30.1. The number of anilines is 5. The molecule has 0 amide bonds. The molecule has 2 aliphatic heterocycles. The average Bonchev–Trinajstić information content (AvgIpc) is 3.29. The van der Waals surface area contributed by atoms with Crippen LogP contribution in [0.15, 0.2) is 84.9 Å². The van der Waals surface area contributed by atoms with Gasteiger partial charge in [-0.2, -0.15) is 0 Å². The second-order valence-corrected chi connectivity index (χ2v) is 15.1. The standard InChI is InChI=1S/C39H48N4O/c1-37(2,3)32-23-35-36(24-33(32)38(4,5)6)42(25-40(35)9)27-15-13-17-29(21-27)44-30-18-14-16-28(22-30)43-26-41(10)39(7,8)31-19-11-12-20-34(31)43/h11-24H,25-26H2,1-10H3. The average molecular weight is 589 g/mol. The highest BCUT2D eigenvalue weighted by atomic mass is 16.5. The van der Waals surface area contributed by atoms with Crippen LogP contribution in [0.5, 0.6) is 11.5 Å². The van der Waals surface area contributed by atoms with Crippen molar-refractivity contribution in [2.24, 2.45) is 0 Å². The van der Waals surface area contributed by atoms with Crippen molar-refractivity contribution in [2.45, 2.75) is 71.8 Å². The molecule has 0 saturated carbocycles. The number of benzene rings is 4. The van der Waals surface area contributed by atoms with Crippen LogP contribution in [-0.4, -0.2) is 32.3 Å². The van der Waals surface area contributed by atoms with Crippen molar-refractivity contribution in [1.29, 1.82) is 0 Å². The van der Waals surface area contributed by atoms with E-state index in [0.29, 0.717) is 0 Å². The van der Waals surface area contributed by atoms with Gasteiger partial charge in [-0.15, -0.1) is 0 Å². The quantitative estimate of drug-likeness (QED) is 0.236. The molecular weight excluding hydrogens is 540 g/mol. The van der Waals surface area contributed by atoms with E-state index >= 15 is 0 Å². The lowest BCUT2D eigenvalue weighted by atomic mass is 9.75. The molecule has 0 fully saturated rings. The van der Waals surface area contributed by atoms with Gasteiger partial charge in [0.25, 0.3) is 0 Å². The van der Waals surface area contributed by atoms with Crippen LogP contribution in [0, 0.1) is 0 Å². The Hall–Kier alpha value is -3.96. The molecule has 0 saturated heterocycles. The molecule has 0 aliphatic carbocycles. The summed E-state index contributed by atoms with van der Waals surface area (Å²) in [5, 5.41) is 0. The third kappa shape index (κ3) is 5.32. The van der Waals surface area contributed by atoms with E-state index < -0.39 is 0 Å². The van der Waals surface area contributed by atoms with E-state index in [4.69, 9.17) is 4.74 Å². The maximum Gasteiger partial charge on any atom is 0.129 e. The van der Waals surface area contributed by atoms with Crippen LogP contribution < -0.4 is 19.4 Å². The Labute approximate surface area is 264 Å². The Morgan fingerprint density at radius 3 is 1.68 bits per heavy atom. The van der Waals surface area contributed by atoms with Gasteiger partial charge in [0, 0.05) is 41.8 Å². The largest absolute Gasteiger partial charge is 0.457 e. The maximum atomic E-state index is 6.54. The smallest absolute Gasteiger partial charge is 0.129 e. The fourth-order valence-corrected chi connectivity index (χ4v) is 6.61. The van der Waals surface area contributed by atoms with Gasteiger partial charge in [0.1, 0.15) is 11.5 Å². The Morgan fingerprint density at radius 1 is 0.591 bits per heavy atom. The minimum absolute atomic E-state index is 0.0359. The second-order valence-electron chi connectivity index (χ2n) is 15.1. The van der Waals surface area contributed by atoms with Crippen LogP contribution in [-0.2, 0) is 16.4 Å². The molecule has 4 aromatic rings. The topological polar surface area (TPSA) is 22.2 Å². The van der Waals surface area contributed by atoms with Gasteiger partial charge in [-0.05, 0) is 90.9 Å². The molecule has 0 aromatic heterocycles. The summed E-state index contributed by atoms with van der Waals surface area (Å²) >= 11 is 0. The van der Waals surface area contributed by atoms with Gasteiger partial charge in [-0.1, -0.05) is 71.9 Å². The summed E-state index contributed by atoms with van der Waals surface area (Å²) in [6.45, 7) is 20.1. The lowest BCUT2D eigenvalue weighted by Crippen LogP contribution is -2.49. The van der Waals surface area contributed by atoms with Crippen molar-refractivity contribution in [3.8, 4) is 11.5 Å². The van der Waals surface area contributed by atoms with Gasteiger partial charge < -0.3 is 19.4 Å². The molecule has 5 nitrogen and oxygen atoms in total. The molecule has 2 aliphatic rings. The zero-order valence-electron chi connectivity index (χ0n) is 28.2. The minimum atomic E-state index is -0.0359. The highest BCUT2D eigenvalue weighted by Crippen LogP contribution is 2.47. The van der Waals surface area contributed by atoms with Gasteiger partial charge in [-0.3, -0.25) is 4.90 Å². The predicted octanol–water partition coefficient (Wildman–Crippen LogP) is 9.90. The van der Waals surface area contributed by atoms with Crippen molar-refractivity contribution >= 4 is 28.4 Å². The first-order chi connectivity index (χ1) is 20.6. The highest BCUT2D eigenvalue weighted by Gasteiger charge is 2.36. The van der Waals surface area contributed by atoms with Gasteiger partial charge in [0.2, 0.25) is 0 Å². The molecule has 0 spiro atoms. The highest BCUT2D eigenvalue weighted by molar-refractivity contribution is 5.84. The summed E-state index contributed by atoms with van der Waals surface area (Å²) in [5.74, 6) is 1.66. The fraction of sp³-hybridized carbons (Fsp3) is 0.385. The van der Waals surface area contributed by atoms with Crippen LogP contribution in [0.1, 0.15) is 72.1 Å². The first-order valence-corrected chi connectivity index (χ1v) is 15.8. The van der Waals surface area contributed by atoms with Crippen LogP contribution in [0.3, 0.4) is 0 Å². The minimum Gasteiger partial charge on any atom is -0.457 e. The predicted molar refractivity (Wildman–Crippen MR) is 186 cm³/mol.